The van der Waals surface area contributed by atoms with Crippen LogP contribution in [0.5, 0.6) is 17.2 Å². The van der Waals surface area contributed by atoms with Crippen LogP contribution in [0.4, 0.5) is 0 Å². The summed E-state index contributed by atoms with van der Waals surface area (Å²) < 4.78 is 18.0. The Labute approximate surface area is 216 Å². The second-order valence-electron chi connectivity index (χ2n) is 8.91. The van der Waals surface area contributed by atoms with E-state index < -0.39 is 0 Å². The molecule has 0 atom stereocenters. The number of nitrogens with one attached hydrogen (secondary N) is 1. The minimum Gasteiger partial charge on any atom is -0.496 e. The van der Waals surface area contributed by atoms with E-state index in [1.54, 1.807) is 19.2 Å². The summed E-state index contributed by atoms with van der Waals surface area (Å²) in [6, 6.07) is 11.8. The number of benzene rings is 2. The SMILES string of the molecule is CCn1c(SCC(=O)N/N=C/c2c(OC)cc(OC)cc2OC)nnc1-c1ccc(C(C)(C)C)cc1. The van der Waals surface area contributed by atoms with Crippen LogP contribution >= 0.6 is 11.8 Å². The number of carbonyl (C=O) groups excluding carboxylic acids is 1. The molecule has 0 bridgehead atoms. The smallest absolute Gasteiger partial charge is 0.250 e. The summed E-state index contributed by atoms with van der Waals surface area (Å²) in [6.45, 7) is 9.27. The van der Waals surface area contributed by atoms with Crippen molar-refractivity contribution < 1.29 is 19.0 Å². The van der Waals surface area contributed by atoms with E-state index in [9.17, 15) is 4.79 Å². The van der Waals surface area contributed by atoms with Crippen molar-refractivity contribution in [2.45, 2.75) is 44.8 Å². The Kier molecular flexibility index (Phi) is 8.98. The predicted octanol–water partition coefficient (Wildman–Crippen LogP) is 4.53. The van der Waals surface area contributed by atoms with Gasteiger partial charge in [-0.25, -0.2) is 5.43 Å². The molecule has 0 unspecified atom stereocenters. The summed E-state index contributed by atoms with van der Waals surface area (Å²) >= 11 is 1.31. The minimum atomic E-state index is -0.274. The van der Waals surface area contributed by atoms with Gasteiger partial charge in [0.2, 0.25) is 0 Å². The number of thioether (sulfide) groups is 1. The van der Waals surface area contributed by atoms with Crippen LogP contribution in [-0.4, -0.2) is 54.0 Å². The first-order valence-corrected chi connectivity index (χ1v) is 12.5. The van der Waals surface area contributed by atoms with Crippen molar-refractivity contribution in [2.75, 3.05) is 27.1 Å². The molecule has 0 spiro atoms. The zero-order valence-corrected chi connectivity index (χ0v) is 22.6. The van der Waals surface area contributed by atoms with Gasteiger partial charge in [-0.15, -0.1) is 10.2 Å². The van der Waals surface area contributed by atoms with E-state index >= 15 is 0 Å². The molecule has 36 heavy (non-hydrogen) atoms. The fraction of sp³-hybridized carbons (Fsp3) is 0.385. The van der Waals surface area contributed by atoms with Gasteiger partial charge in [0.05, 0.1) is 38.9 Å². The van der Waals surface area contributed by atoms with Gasteiger partial charge in [-0.2, -0.15) is 5.10 Å². The minimum absolute atomic E-state index is 0.0808. The van der Waals surface area contributed by atoms with Gasteiger partial charge in [0.25, 0.3) is 5.91 Å². The van der Waals surface area contributed by atoms with Crippen LogP contribution < -0.4 is 19.6 Å². The van der Waals surface area contributed by atoms with E-state index in [0.717, 1.165) is 11.4 Å². The standard InChI is InChI=1S/C26H33N5O4S/c1-8-31-24(17-9-11-18(12-10-17)26(2,3)4)29-30-25(31)36-16-23(32)28-27-15-20-21(34-6)13-19(33-5)14-22(20)35-7/h9-15H,8,16H2,1-7H3,(H,28,32)/b27-15+. The molecular formula is C26H33N5O4S. The first kappa shape index (κ1) is 27.1. The van der Waals surface area contributed by atoms with Gasteiger partial charge >= 0.3 is 0 Å². The molecule has 0 aliphatic heterocycles. The van der Waals surface area contributed by atoms with Crippen LogP contribution in [0.2, 0.25) is 0 Å². The third-order valence-electron chi connectivity index (χ3n) is 5.51. The molecule has 1 heterocycles. The highest BCUT2D eigenvalue weighted by Gasteiger charge is 2.17. The second-order valence-corrected chi connectivity index (χ2v) is 9.85. The van der Waals surface area contributed by atoms with E-state index in [2.05, 4.69) is 65.8 Å². The predicted molar refractivity (Wildman–Crippen MR) is 142 cm³/mol. The first-order valence-electron chi connectivity index (χ1n) is 11.5. The second kappa shape index (κ2) is 11.9. The molecule has 0 radical (unpaired) electrons. The van der Waals surface area contributed by atoms with E-state index in [0.29, 0.717) is 34.5 Å². The molecule has 2 aromatic carbocycles. The lowest BCUT2D eigenvalue weighted by Crippen LogP contribution is -2.20. The number of nitrogens with zero attached hydrogens (tertiary/aromatic N) is 4. The number of hydrogen-bond donors (Lipinski definition) is 1. The summed E-state index contributed by atoms with van der Waals surface area (Å²) in [5.74, 6) is 2.25. The summed E-state index contributed by atoms with van der Waals surface area (Å²) in [4.78, 5) is 12.4. The van der Waals surface area contributed by atoms with E-state index in [1.165, 1.54) is 37.8 Å². The zero-order chi connectivity index (χ0) is 26.3. The van der Waals surface area contributed by atoms with Gasteiger partial charge in [-0.3, -0.25) is 4.79 Å². The van der Waals surface area contributed by atoms with Crippen LogP contribution in [0.25, 0.3) is 11.4 Å². The molecule has 3 aromatic rings. The summed E-state index contributed by atoms with van der Waals surface area (Å²) in [5, 5.41) is 13.4. The van der Waals surface area contributed by atoms with E-state index in [4.69, 9.17) is 14.2 Å². The number of hydrazone groups is 1. The Hall–Kier alpha value is -3.53. The molecule has 1 N–H and O–H groups in total. The number of methoxy groups -OCH3 is 3. The molecule has 0 aliphatic carbocycles. The maximum atomic E-state index is 12.4. The highest BCUT2D eigenvalue weighted by molar-refractivity contribution is 7.99. The fourth-order valence-electron chi connectivity index (χ4n) is 3.50. The third-order valence-corrected chi connectivity index (χ3v) is 6.48. The number of ether oxygens (including phenoxy) is 3. The molecule has 0 fully saturated rings. The molecular weight excluding hydrogens is 478 g/mol. The topological polar surface area (TPSA) is 99.9 Å². The lowest BCUT2D eigenvalue weighted by Gasteiger charge is -2.19. The normalized spacial score (nSPS) is 11.5. The van der Waals surface area contributed by atoms with Crippen LogP contribution in [0.1, 0.15) is 38.8 Å². The van der Waals surface area contributed by atoms with Gasteiger partial charge in [0, 0.05) is 24.2 Å². The fourth-order valence-corrected chi connectivity index (χ4v) is 4.30. The van der Waals surface area contributed by atoms with Crippen LogP contribution in [0.3, 0.4) is 0 Å². The summed E-state index contributed by atoms with van der Waals surface area (Å²) in [7, 11) is 4.64. The van der Waals surface area contributed by atoms with Gasteiger partial charge in [0.1, 0.15) is 17.2 Å². The first-order chi connectivity index (χ1) is 17.2. The Morgan fingerprint density at radius 2 is 1.69 bits per heavy atom. The van der Waals surface area contributed by atoms with Crippen molar-refractivity contribution in [2.24, 2.45) is 5.10 Å². The average molecular weight is 512 g/mol. The Bertz CT molecular complexity index is 1190. The Morgan fingerprint density at radius 1 is 1.06 bits per heavy atom. The number of hydrogen-bond acceptors (Lipinski definition) is 8. The summed E-state index contributed by atoms with van der Waals surface area (Å²) in [5.41, 5.74) is 5.45. The zero-order valence-electron chi connectivity index (χ0n) is 21.8. The maximum Gasteiger partial charge on any atom is 0.250 e. The monoisotopic (exact) mass is 511 g/mol. The van der Waals surface area contributed by atoms with Crippen molar-refractivity contribution in [3.05, 3.63) is 47.5 Å². The molecule has 0 saturated carbocycles. The molecule has 3 rings (SSSR count). The van der Waals surface area contributed by atoms with Gasteiger partial charge in [0.15, 0.2) is 11.0 Å². The molecule has 1 aromatic heterocycles. The van der Waals surface area contributed by atoms with Crippen molar-refractivity contribution in [1.82, 2.24) is 20.2 Å². The van der Waals surface area contributed by atoms with Crippen LogP contribution in [0.15, 0.2) is 46.7 Å². The molecule has 0 saturated heterocycles. The highest BCUT2D eigenvalue weighted by Crippen LogP contribution is 2.32. The van der Waals surface area contributed by atoms with Gasteiger partial charge < -0.3 is 18.8 Å². The molecule has 1 amide bonds. The number of carbonyl (C=O) groups is 1. The van der Waals surface area contributed by atoms with Crippen molar-refractivity contribution in [3.63, 3.8) is 0 Å². The lowest BCUT2D eigenvalue weighted by atomic mass is 9.87. The molecule has 9 nitrogen and oxygen atoms in total. The Balaban J connectivity index is 1.66. The number of amides is 1. The molecule has 10 heteroatoms. The lowest BCUT2D eigenvalue weighted by molar-refractivity contribution is -0.118. The number of aromatic nitrogens is 3. The number of rotatable bonds is 10. The van der Waals surface area contributed by atoms with Crippen LogP contribution in [0, 0.1) is 0 Å². The third kappa shape index (κ3) is 6.37. The van der Waals surface area contributed by atoms with E-state index in [-0.39, 0.29) is 17.1 Å². The summed E-state index contributed by atoms with van der Waals surface area (Å²) in [6.07, 6.45) is 1.48. The van der Waals surface area contributed by atoms with Crippen molar-refractivity contribution in [3.8, 4) is 28.6 Å². The maximum absolute atomic E-state index is 12.4. The Morgan fingerprint density at radius 3 is 2.22 bits per heavy atom. The largest absolute Gasteiger partial charge is 0.496 e. The molecule has 192 valence electrons. The molecule has 0 aliphatic rings. The van der Waals surface area contributed by atoms with Crippen molar-refractivity contribution >= 4 is 23.9 Å². The average Bonchev–Trinajstić information content (AvgIpc) is 3.29. The van der Waals surface area contributed by atoms with Gasteiger partial charge in [-0.05, 0) is 17.9 Å². The highest BCUT2D eigenvalue weighted by atomic mass is 32.2. The quantitative estimate of drug-likeness (QED) is 0.242. The van der Waals surface area contributed by atoms with E-state index in [1.807, 2.05) is 11.5 Å². The van der Waals surface area contributed by atoms with Crippen LogP contribution in [-0.2, 0) is 16.8 Å². The van der Waals surface area contributed by atoms with Gasteiger partial charge in [-0.1, -0.05) is 56.8 Å². The van der Waals surface area contributed by atoms with Crippen molar-refractivity contribution in [1.29, 1.82) is 0 Å².